The number of hydrogen-bond donors (Lipinski definition) is 0. The van der Waals surface area contributed by atoms with E-state index < -0.39 is 0 Å². The average molecular weight is 304 g/mol. The van der Waals surface area contributed by atoms with Crippen molar-refractivity contribution in [1.82, 2.24) is 9.80 Å². The molecular formula is C18H28N2O2. The van der Waals surface area contributed by atoms with Crippen LogP contribution in [0.15, 0.2) is 30.3 Å². The Morgan fingerprint density at radius 2 is 1.50 bits per heavy atom. The predicted molar refractivity (Wildman–Crippen MR) is 89.3 cm³/mol. The average Bonchev–Trinajstić information content (AvgIpc) is 2.51. The fourth-order valence-corrected chi connectivity index (χ4v) is 2.44. The highest BCUT2D eigenvalue weighted by Crippen LogP contribution is 2.07. The Morgan fingerprint density at radius 1 is 0.909 bits per heavy atom. The third-order valence-electron chi connectivity index (χ3n) is 3.60. The number of carbonyl (C=O) groups excluding carboxylic acids is 2. The van der Waals surface area contributed by atoms with Gasteiger partial charge in [0, 0.05) is 39.5 Å². The van der Waals surface area contributed by atoms with Crippen LogP contribution in [0, 0.1) is 0 Å². The number of benzene rings is 1. The van der Waals surface area contributed by atoms with Crippen LogP contribution in [0.4, 0.5) is 0 Å². The molecule has 0 aromatic heterocycles. The van der Waals surface area contributed by atoms with Crippen molar-refractivity contribution in [3.63, 3.8) is 0 Å². The molecule has 0 spiro atoms. The minimum atomic E-state index is 0.00851. The summed E-state index contributed by atoms with van der Waals surface area (Å²) in [6.07, 6.45) is 2.32. The zero-order valence-corrected chi connectivity index (χ0v) is 14.0. The molecular weight excluding hydrogens is 276 g/mol. The molecule has 22 heavy (non-hydrogen) atoms. The van der Waals surface area contributed by atoms with Crippen LogP contribution in [0.25, 0.3) is 0 Å². The lowest BCUT2D eigenvalue weighted by Crippen LogP contribution is -2.36. The van der Waals surface area contributed by atoms with E-state index in [0.717, 1.165) is 31.5 Å². The van der Waals surface area contributed by atoms with Crippen LogP contribution < -0.4 is 0 Å². The van der Waals surface area contributed by atoms with Crippen molar-refractivity contribution in [3.8, 4) is 0 Å². The van der Waals surface area contributed by atoms with Crippen molar-refractivity contribution in [2.24, 2.45) is 0 Å². The first-order valence-corrected chi connectivity index (χ1v) is 8.15. The van der Waals surface area contributed by atoms with Gasteiger partial charge in [-0.25, -0.2) is 0 Å². The van der Waals surface area contributed by atoms with Gasteiger partial charge in [0.2, 0.25) is 11.8 Å². The molecule has 0 atom stereocenters. The van der Waals surface area contributed by atoms with Crippen molar-refractivity contribution < 1.29 is 9.59 Å². The Labute approximate surface area is 134 Å². The largest absolute Gasteiger partial charge is 0.343 e. The van der Waals surface area contributed by atoms with E-state index in [1.807, 2.05) is 35.2 Å². The maximum Gasteiger partial charge on any atom is 0.224 e. The molecule has 0 aliphatic heterocycles. The lowest BCUT2D eigenvalue weighted by atomic mass is 10.2. The highest BCUT2D eigenvalue weighted by Gasteiger charge is 2.15. The third kappa shape index (κ3) is 6.29. The van der Waals surface area contributed by atoms with Gasteiger partial charge in [0.05, 0.1) is 0 Å². The van der Waals surface area contributed by atoms with Crippen LogP contribution in [0.1, 0.15) is 45.6 Å². The normalized spacial score (nSPS) is 10.3. The Morgan fingerprint density at radius 3 is 2.00 bits per heavy atom. The summed E-state index contributed by atoms with van der Waals surface area (Å²) >= 11 is 0. The Bertz CT molecular complexity index is 453. The first-order valence-electron chi connectivity index (χ1n) is 8.15. The molecule has 0 aliphatic carbocycles. The molecule has 1 aromatic carbocycles. The van der Waals surface area contributed by atoms with Crippen molar-refractivity contribution in [2.75, 3.05) is 19.6 Å². The van der Waals surface area contributed by atoms with Gasteiger partial charge < -0.3 is 9.80 Å². The summed E-state index contributed by atoms with van der Waals surface area (Å²) in [5, 5.41) is 0. The first kappa shape index (κ1) is 18.2. The molecule has 0 N–H and O–H groups in total. The monoisotopic (exact) mass is 304 g/mol. The van der Waals surface area contributed by atoms with Crippen molar-refractivity contribution in [3.05, 3.63) is 35.9 Å². The predicted octanol–water partition coefficient (Wildman–Crippen LogP) is 3.07. The summed E-state index contributed by atoms with van der Waals surface area (Å²) in [5.41, 5.74) is 1.09. The molecule has 0 saturated heterocycles. The second-order valence-electron chi connectivity index (χ2n) is 5.56. The van der Waals surface area contributed by atoms with Crippen LogP contribution in [0.3, 0.4) is 0 Å². The molecule has 0 fully saturated rings. The molecule has 0 unspecified atom stereocenters. The van der Waals surface area contributed by atoms with Gasteiger partial charge >= 0.3 is 0 Å². The van der Waals surface area contributed by atoms with Gasteiger partial charge in [-0.15, -0.1) is 0 Å². The summed E-state index contributed by atoms with van der Waals surface area (Å²) in [6.45, 7) is 8.35. The lowest BCUT2D eigenvalue weighted by molar-refractivity contribution is -0.133. The Balaban J connectivity index is 2.56. The topological polar surface area (TPSA) is 40.6 Å². The van der Waals surface area contributed by atoms with Gasteiger partial charge in [0.15, 0.2) is 0 Å². The quantitative estimate of drug-likeness (QED) is 0.703. The molecule has 4 nitrogen and oxygen atoms in total. The van der Waals surface area contributed by atoms with Crippen molar-refractivity contribution in [2.45, 2.75) is 46.6 Å². The minimum absolute atomic E-state index is 0.00851. The van der Waals surface area contributed by atoms with E-state index in [9.17, 15) is 9.59 Å². The molecule has 2 amide bonds. The third-order valence-corrected chi connectivity index (χ3v) is 3.60. The van der Waals surface area contributed by atoms with Gasteiger partial charge in [0.25, 0.3) is 0 Å². The van der Waals surface area contributed by atoms with E-state index in [0.29, 0.717) is 19.5 Å². The fraction of sp³-hybridized carbons (Fsp3) is 0.556. The summed E-state index contributed by atoms with van der Waals surface area (Å²) < 4.78 is 0. The van der Waals surface area contributed by atoms with E-state index in [2.05, 4.69) is 13.8 Å². The highest BCUT2D eigenvalue weighted by atomic mass is 16.2. The number of nitrogens with zero attached hydrogens (tertiary/aromatic N) is 2. The SMILES string of the molecule is CCCN(CCC)C(=O)CCN(Cc1ccccc1)C(C)=O. The van der Waals surface area contributed by atoms with Crippen LogP contribution in [0.5, 0.6) is 0 Å². The van der Waals surface area contributed by atoms with Crippen LogP contribution in [-0.2, 0) is 16.1 Å². The van der Waals surface area contributed by atoms with Crippen molar-refractivity contribution >= 4 is 11.8 Å². The van der Waals surface area contributed by atoms with Crippen molar-refractivity contribution in [1.29, 1.82) is 0 Å². The molecule has 0 bridgehead atoms. The van der Waals surface area contributed by atoms with Gasteiger partial charge in [-0.1, -0.05) is 44.2 Å². The van der Waals surface area contributed by atoms with E-state index in [1.165, 1.54) is 0 Å². The molecule has 122 valence electrons. The number of carbonyl (C=O) groups is 2. The van der Waals surface area contributed by atoms with Gasteiger partial charge in [-0.2, -0.15) is 0 Å². The zero-order chi connectivity index (χ0) is 16.4. The van der Waals surface area contributed by atoms with Gasteiger partial charge in [-0.05, 0) is 18.4 Å². The number of amides is 2. The summed E-state index contributed by atoms with van der Waals surface area (Å²) in [7, 11) is 0. The molecule has 0 aliphatic rings. The highest BCUT2D eigenvalue weighted by molar-refractivity contribution is 5.78. The Kier molecular flexibility index (Phi) is 8.26. The van der Waals surface area contributed by atoms with Crippen LogP contribution in [-0.4, -0.2) is 41.2 Å². The summed E-state index contributed by atoms with van der Waals surface area (Å²) in [5.74, 6) is 0.150. The minimum Gasteiger partial charge on any atom is -0.343 e. The lowest BCUT2D eigenvalue weighted by Gasteiger charge is -2.25. The fourth-order valence-electron chi connectivity index (χ4n) is 2.44. The summed E-state index contributed by atoms with van der Waals surface area (Å²) in [6, 6.07) is 9.88. The molecule has 0 heterocycles. The van der Waals surface area contributed by atoms with Gasteiger partial charge in [0.1, 0.15) is 0 Å². The first-order chi connectivity index (χ1) is 10.6. The second-order valence-corrected chi connectivity index (χ2v) is 5.56. The maximum absolute atomic E-state index is 12.3. The maximum atomic E-state index is 12.3. The molecule has 1 rings (SSSR count). The van der Waals surface area contributed by atoms with E-state index >= 15 is 0 Å². The molecule has 0 saturated carbocycles. The number of hydrogen-bond acceptors (Lipinski definition) is 2. The van der Waals surface area contributed by atoms with E-state index in [4.69, 9.17) is 0 Å². The summed E-state index contributed by atoms with van der Waals surface area (Å²) in [4.78, 5) is 27.7. The number of rotatable bonds is 9. The van der Waals surface area contributed by atoms with Gasteiger partial charge in [-0.3, -0.25) is 9.59 Å². The molecule has 4 heteroatoms. The second kappa shape index (κ2) is 9.98. The van der Waals surface area contributed by atoms with E-state index in [-0.39, 0.29) is 11.8 Å². The smallest absolute Gasteiger partial charge is 0.224 e. The molecule has 0 radical (unpaired) electrons. The standard InChI is InChI=1S/C18H28N2O2/c1-4-12-19(13-5-2)18(22)11-14-20(16(3)21)15-17-9-7-6-8-10-17/h6-10H,4-5,11-15H2,1-3H3. The zero-order valence-electron chi connectivity index (χ0n) is 14.0. The Hall–Kier alpha value is -1.84. The van der Waals surface area contributed by atoms with Crippen LogP contribution >= 0.6 is 0 Å². The van der Waals surface area contributed by atoms with E-state index in [1.54, 1.807) is 11.8 Å². The molecule has 1 aromatic rings. The van der Waals surface area contributed by atoms with Crippen LogP contribution in [0.2, 0.25) is 0 Å².